The fourth-order valence-corrected chi connectivity index (χ4v) is 3.07. The van der Waals surface area contributed by atoms with E-state index in [1.807, 2.05) is 43.3 Å². The SMILES string of the molecule is COc1ccc(Nc2nc3cc(Cl)ccc3s2)cc1C. The summed E-state index contributed by atoms with van der Waals surface area (Å²) in [4.78, 5) is 4.53. The Labute approximate surface area is 126 Å². The van der Waals surface area contributed by atoms with Crippen molar-refractivity contribution < 1.29 is 4.74 Å². The molecule has 20 heavy (non-hydrogen) atoms. The molecule has 0 aliphatic heterocycles. The van der Waals surface area contributed by atoms with Crippen molar-refractivity contribution in [1.29, 1.82) is 0 Å². The maximum absolute atomic E-state index is 5.97. The van der Waals surface area contributed by atoms with Crippen LogP contribution in [0.4, 0.5) is 10.8 Å². The van der Waals surface area contributed by atoms with Crippen LogP contribution in [0.3, 0.4) is 0 Å². The van der Waals surface area contributed by atoms with E-state index < -0.39 is 0 Å². The molecular weight excluding hydrogens is 292 g/mol. The van der Waals surface area contributed by atoms with Gasteiger partial charge in [-0.2, -0.15) is 0 Å². The highest BCUT2D eigenvalue weighted by atomic mass is 35.5. The Morgan fingerprint density at radius 1 is 1.20 bits per heavy atom. The smallest absolute Gasteiger partial charge is 0.188 e. The van der Waals surface area contributed by atoms with Crippen LogP contribution in [0.15, 0.2) is 36.4 Å². The zero-order chi connectivity index (χ0) is 14.1. The molecule has 0 aliphatic rings. The number of ether oxygens (including phenoxy) is 1. The third-order valence-electron chi connectivity index (χ3n) is 3.00. The summed E-state index contributed by atoms with van der Waals surface area (Å²) >= 11 is 7.58. The van der Waals surface area contributed by atoms with E-state index >= 15 is 0 Å². The minimum atomic E-state index is 0.703. The summed E-state index contributed by atoms with van der Waals surface area (Å²) in [5.41, 5.74) is 2.99. The van der Waals surface area contributed by atoms with Gasteiger partial charge in [-0.3, -0.25) is 0 Å². The number of rotatable bonds is 3. The Morgan fingerprint density at radius 2 is 2.05 bits per heavy atom. The van der Waals surface area contributed by atoms with E-state index in [9.17, 15) is 0 Å². The van der Waals surface area contributed by atoms with Crippen LogP contribution in [-0.2, 0) is 0 Å². The number of hydrogen-bond acceptors (Lipinski definition) is 4. The third kappa shape index (κ3) is 2.57. The number of hydrogen-bond donors (Lipinski definition) is 1. The predicted octanol–water partition coefficient (Wildman–Crippen LogP) is 5.01. The average molecular weight is 305 g/mol. The normalized spacial score (nSPS) is 10.8. The zero-order valence-corrected chi connectivity index (χ0v) is 12.7. The van der Waals surface area contributed by atoms with Crippen molar-refractivity contribution in [3.63, 3.8) is 0 Å². The van der Waals surface area contributed by atoms with Crippen LogP contribution in [0.2, 0.25) is 5.02 Å². The van der Waals surface area contributed by atoms with Gasteiger partial charge in [0.1, 0.15) is 5.75 Å². The summed E-state index contributed by atoms with van der Waals surface area (Å²) in [6.07, 6.45) is 0. The number of nitrogens with one attached hydrogen (secondary N) is 1. The van der Waals surface area contributed by atoms with Crippen LogP contribution in [0.1, 0.15) is 5.56 Å². The van der Waals surface area contributed by atoms with Crippen LogP contribution in [0.25, 0.3) is 10.2 Å². The molecule has 0 radical (unpaired) electrons. The first kappa shape index (κ1) is 13.2. The Balaban J connectivity index is 1.90. The van der Waals surface area contributed by atoms with Gasteiger partial charge in [-0.15, -0.1) is 0 Å². The molecule has 0 amide bonds. The molecule has 0 fully saturated rings. The van der Waals surface area contributed by atoms with Crippen molar-refractivity contribution in [2.75, 3.05) is 12.4 Å². The zero-order valence-electron chi connectivity index (χ0n) is 11.1. The van der Waals surface area contributed by atoms with Gasteiger partial charge in [0.2, 0.25) is 0 Å². The highest BCUT2D eigenvalue weighted by molar-refractivity contribution is 7.22. The van der Waals surface area contributed by atoms with E-state index in [-0.39, 0.29) is 0 Å². The monoisotopic (exact) mass is 304 g/mol. The summed E-state index contributed by atoms with van der Waals surface area (Å²) in [6.45, 7) is 2.02. The number of nitrogens with zero attached hydrogens (tertiary/aromatic N) is 1. The van der Waals surface area contributed by atoms with Crippen LogP contribution in [0.5, 0.6) is 5.75 Å². The maximum atomic E-state index is 5.97. The summed E-state index contributed by atoms with van der Waals surface area (Å²) in [5, 5.41) is 4.87. The Hall–Kier alpha value is -1.78. The van der Waals surface area contributed by atoms with E-state index in [4.69, 9.17) is 16.3 Å². The molecule has 5 heteroatoms. The first-order valence-electron chi connectivity index (χ1n) is 6.13. The second-order valence-electron chi connectivity index (χ2n) is 4.44. The Morgan fingerprint density at radius 3 is 2.80 bits per heavy atom. The number of methoxy groups -OCH3 is 1. The van der Waals surface area contributed by atoms with Gasteiger partial charge in [0.15, 0.2) is 5.13 Å². The number of aryl methyl sites for hydroxylation is 1. The molecule has 1 aromatic heterocycles. The average Bonchev–Trinajstić information content (AvgIpc) is 2.80. The minimum absolute atomic E-state index is 0.703. The number of thiazole rings is 1. The number of benzene rings is 2. The van der Waals surface area contributed by atoms with E-state index in [0.717, 1.165) is 32.3 Å². The first-order chi connectivity index (χ1) is 9.65. The topological polar surface area (TPSA) is 34.1 Å². The van der Waals surface area contributed by atoms with Gasteiger partial charge in [-0.1, -0.05) is 22.9 Å². The van der Waals surface area contributed by atoms with Crippen molar-refractivity contribution in [1.82, 2.24) is 4.98 Å². The molecule has 0 unspecified atom stereocenters. The molecule has 0 aliphatic carbocycles. The fraction of sp³-hybridized carbons (Fsp3) is 0.133. The minimum Gasteiger partial charge on any atom is -0.496 e. The van der Waals surface area contributed by atoms with Crippen molar-refractivity contribution in [3.8, 4) is 5.75 Å². The highest BCUT2D eigenvalue weighted by Gasteiger charge is 2.06. The molecule has 3 aromatic rings. The predicted molar refractivity (Wildman–Crippen MR) is 85.6 cm³/mol. The second kappa shape index (κ2) is 5.31. The number of halogens is 1. The third-order valence-corrected chi connectivity index (χ3v) is 4.18. The summed E-state index contributed by atoms with van der Waals surface area (Å²) < 4.78 is 6.37. The lowest BCUT2D eigenvalue weighted by atomic mass is 10.2. The maximum Gasteiger partial charge on any atom is 0.188 e. The number of aromatic nitrogens is 1. The van der Waals surface area contributed by atoms with Crippen molar-refractivity contribution >= 4 is 44.0 Å². The molecule has 102 valence electrons. The molecular formula is C15H13ClN2OS. The molecule has 0 atom stereocenters. The van der Waals surface area contributed by atoms with Gasteiger partial charge in [0.25, 0.3) is 0 Å². The molecule has 1 N–H and O–H groups in total. The van der Waals surface area contributed by atoms with Crippen LogP contribution >= 0.6 is 22.9 Å². The molecule has 0 saturated heterocycles. The lowest BCUT2D eigenvalue weighted by Crippen LogP contribution is -1.92. The van der Waals surface area contributed by atoms with Crippen molar-refractivity contribution in [2.45, 2.75) is 6.92 Å². The van der Waals surface area contributed by atoms with E-state index in [2.05, 4.69) is 10.3 Å². The summed E-state index contributed by atoms with van der Waals surface area (Å²) in [5.74, 6) is 0.881. The van der Waals surface area contributed by atoms with Gasteiger partial charge in [-0.05, 0) is 48.9 Å². The van der Waals surface area contributed by atoms with Gasteiger partial charge in [0.05, 0.1) is 17.3 Å². The van der Waals surface area contributed by atoms with Gasteiger partial charge in [0, 0.05) is 10.7 Å². The molecule has 0 bridgehead atoms. The van der Waals surface area contributed by atoms with Crippen LogP contribution in [-0.4, -0.2) is 12.1 Å². The van der Waals surface area contributed by atoms with E-state index in [1.54, 1.807) is 18.4 Å². The van der Waals surface area contributed by atoms with E-state index in [0.29, 0.717) is 5.02 Å². The lowest BCUT2D eigenvalue weighted by Gasteiger charge is -2.07. The quantitative estimate of drug-likeness (QED) is 0.738. The molecule has 1 heterocycles. The lowest BCUT2D eigenvalue weighted by molar-refractivity contribution is 0.412. The standard InChI is InChI=1S/C15H13ClN2OS/c1-9-7-11(4-5-13(9)19-2)17-15-18-12-8-10(16)3-6-14(12)20-15/h3-8H,1-2H3,(H,17,18). The fourth-order valence-electron chi connectivity index (χ4n) is 2.03. The number of fused-ring (bicyclic) bond motifs is 1. The summed E-state index contributed by atoms with van der Waals surface area (Å²) in [7, 11) is 1.67. The molecule has 3 rings (SSSR count). The highest BCUT2D eigenvalue weighted by Crippen LogP contribution is 2.31. The van der Waals surface area contributed by atoms with E-state index in [1.165, 1.54) is 0 Å². The van der Waals surface area contributed by atoms with Crippen LogP contribution in [0, 0.1) is 6.92 Å². The van der Waals surface area contributed by atoms with Gasteiger partial charge in [-0.25, -0.2) is 4.98 Å². The van der Waals surface area contributed by atoms with Crippen molar-refractivity contribution in [3.05, 3.63) is 47.0 Å². The molecule has 0 saturated carbocycles. The van der Waals surface area contributed by atoms with Crippen molar-refractivity contribution in [2.24, 2.45) is 0 Å². The summed E-state index contributed by atoms with van der Waals surface area (Å²) in [6, 6.07) is 11.7. The molecule has 0 spiro atoms. The van der Waals surface area contributed by atoms with Crippen LogP contribution < -0.4 is 10.1 Å². The first-order valence-corrected chi connectivity index (χ1v) is 7.33. The Bertz CT molecular complexity index is 770. The Kier molecular flexibility index (Phi) is 3.51. The second-order valence-corrected chi connectivity index (χ2v) is 5.91. The number of anilines is 2. The molecule has 2 aromatic carbocycles. The molecule has 3 nitrogen and oxygen atoms in total. The largest absolute Gasteiger partial charge is 0.496 e. The van der Waals surface area contributed by atoms with Gasteiger partial charge < -0.3 is 10.1 Å². The van der Waals surface area contributed by atoms with Gasteiger partial charge >= 0.3 is 0 Å².